The van der Waals surface area contributed by atoms with Crippen molar-refractivity contribution in [3.8, 4) is 0 Å². The summed E-state index contributed by atoms with van der Waals surface area (Å²) in [5.74, 6) is 4.74. The van der Waals surface area contributed by atoms with Gasteiger partial charge in [0.1, 0.15) is 0 Å². The Bertz CT molecular complexity index is 311. The maximum absolute atomic E-state index is 4.01. The first-order valence-electron chi connectivity index (χ1n) is 8.59. The lowest BCUT2D eigenvalue weighted by Gasteiger charge is -2.06. The minimum absolute atomic E-state index is 0.519. The highest BCUT2D eigenvalue weighted by Crippen LogP contribution is 1.92. The average Bonchev–Trinajstić information content (AvgIpc) is 2.51. The Hall–Kier alpha value is -1.59. The Kier molecular flexibility index (Phi) is 20.2. The molecular weight excluding hydrogens is 300 g/mol. The summed E-state index contributed by atoms with van der Waals surface area (Å²) in [5, 5.41) is 9.00. The molecule has 0 saturated heterocycles. The summed E-state index contributed by atoms with van der Waals surface area (Å²) in [6, 6.07) is 0. The van der Waals surface area contributed by atoms with E-state index in [1.54, 1.807) is 21.1 Å². The maximum Gasteiger partial charge on any atom is 0.0982 e. The second kappa shape index (κ2) is 17.8. The van der Waals surface area contributed by atoms with Gasteiger partial charge in [0.2, 0.25) is 0 Å². The molecule has 0 aliphatic heterocycles. The zero-order valence-corrected chi connectivity index (χ0v) is 18.1. The lowest BCUT2D eigenvalue weighted by Crippen LogP contribution is -2.23. The SMILES string of the molecule is CN=C(NC)C(C)C.CN=C(NC)C(C)C.CN=C(NC)C(C)C. The van der Waals surface area contributed by atoms with Gasteiger partial charge in [-0.25, -0.2) is 0 Å². The fourth-order valence-corrected chi connectivity index (χ4v) is 1.98. The first-order valence-corrected chi connectivity index (χ1v) is 8.59. The van der Waals surface area contributed by atoms with Gasteiger partial charge in [-0.15, -0.1) is 0 Å². The van der Waals surface area contributed by atoms with Gasteiger partial charge in [0, 0.05) is 60.0 Å². The molecule has 0 fully saturated rings. The van der Waals surface area contributed by atoms with Crippen molar-refractivity contribution in [2.45, 2.75) is 41.5 Å². The van der Waals surface area contributed by atoms with E-state index in [0.717, 1.165) is 17.5 Å². The Morgan fingerprint density at radius 3 is 0.667 bits per heavy atom. The Morgan fingerprint density at radius 2 is 0.667 bits per heavy atom. The molecule has 0 saturated carbocycles. The molecule has 0 aliphatic rings. The van der Waals surface area contributed by atoms with E-state index in [1.807, 2.05) is 21.1 Å². The third kappa shape index (κ3) is 15.3. The number of hydrogen-bond donors (Lipinski definition) is 3. The zero-order valence-electron chi connectivity index (χ0n) is 18.1. The standard InChI is InChI=1S/3C6H14N2/c3*1-5(2)6(7-3)8-4/h3*5H,1-4H3,(H,7,8). The van der Waals surface area contributed by atoms with E-state index in [4.69, 9.17) is 0 Å². The fourth-order valence-electron chi connectivity index (χ4n) is 1.98. The number of nitrogens with one attached hydrogen (secondary N) is 3. The van der Waals surface area contributed by atoms with Crippen LogP contribution in [0.3, 0.4) is 0 Å². The van der Waals surface area contributed by atoms with Gasteiger partial charge in [-0.05, 0) is 0 Å². The Morgan fingerprint density at radius 1 is 0.500 bits per heavy atom. The summed E-state index contributed by atoms with van der Waals surface area (Å²) in [5.41, 5.74) is 0. The van der Waals surface area contributed by atoms with Crippen LogP contribution in [0.5, 0.6) is 0 Å². The van der Waals surface area contributed by atoms with Crippen molar-refractivity contribution < 1.29 is 0 Å². The van der Waals surface area contributed by atoms with Crippen molar-refractivity contribution in [3.63, 3.8) is 0 Å². The Labute approximate surface area is 150 Å². The molecule has 0 spiro atoms. The summed E-state index contributed by atoms with van der Waals surface area (Å²) < 4.78 is 0. The predicted molar refractivity (Wildman–Crippen MR) is 112 cm³/mol. The summed E-state index contributed by atoms with van der Waals surface area (Å²) in [4.78, 5) is 12.0. The van der Waals surface area contributed by atoms with E-state index in [1.165, 1.54) is 0 Å². The first-order chi connectivity index (χ1) is 11.2. The molecule has 0 aromatic heterocycles. The van der Waals surface area contributed by atoms with Crippen LogP contribution in [-0.4, -0.2) is 59.8 Å². The largest absolute Gasteiger partial charge is 0.377 e. The molecule has 0 radical (unpaired) electrons. The van der Waals surface area contributed by atoms with E-state index in [9.17, 15) is 0 Å². The third-order valence-electron chi connectivity index (χ3n) is 3.13. The van der Waals surface area contributed by atoms with E-state index < -0.39 is 0 Å². The van der Waals surface area contributed by atoms with Crippen LogP contribution in [0.4, 0.5) is 0 Å². The summed E-state index contributed by atoms with van der Waals surface area (Å²) in [7, 11) is 11.1. The quantitative estimate of drug-likeness (QED) is 0.545. The van der Waals surface area contributed by atoms with E-state index in [2.05, 4.69) is 72.5 Å². The summed E-state index contributed by atoms with van der Waals surface area (Å²) >= 11 is 0. The molecule has 6 heteroatoms. The third-order valence-corrected chi connectivity index (χ3v) is 3.13. The van der Waals surface area contributed by atoms with Crippen molar-refractivity contribution in [2.75, 3.05) is 42.3 Å². The molecule has 0 aromatic rings. The minimum atomic E-state index is 0.519. The van der Waals surface area contributed by atoms with Gasteiger partial charge in [-0.1, -0.05) is 41.5 Å². The molecule has 3 N–H and O–H groups in total. The number of aliphatic imine (C=N–C) groups is 3. The van der Waals surface area contributed by atoms with E-state index in [-0.39, 0.29) is 0 Å². The molecule has 0 unspecified atom stereocenters. The molecule has 0 aliphatic carbocycles. The highest BCUT2D eigenvalue weighted by Gasteiger charge is 1.98. The normalized spacial score (nSPS) is 12.4. The molecule has 24 heavy (non-hydrogen) atoms. The van der Waals surface area contributed by atoms with Gasteiger partial charge in [0.15, 0.2) is 0 Å². The van der Waals surface area contributed by atoms with Gasteiger partial charge in [0.05, 0.1) is 17.5 Å². The predicted octanol–water partition coefficient (Wildman–Crippen LogP) is 2.67. The number of hydrogen-bond acceptors (Lipinski definition) is 3. The van der Waals surface area contributed by atoms with Crippen molar-refractivity contribution in [2.24, 2.45) is 32.7 Å². The van der Waals surface area contributed by atoms with E-state index in [0.29, 0.717) is 17.8 Å². The van der Waals surface area contributed by atoms with Crippen LogP contribution in [0.2, 0.25) is 0 Å². The molecule has 0 aromatic carbocycles. The van der Waals surface area contributed by atoms with Crippen molar-refractivity contribution in [1.82, 2.24) is 16.0 Å². The molecule has 0 amide bonds. The molecule has 0 rings (SSSR count). The van der Waals surface area contributed by atoms with Crippen molar-refractivity contribution in [1.29, 1.82) is 0 Å². The van der Waals surface area contributed by atoms with Crippen LogP contribution < -0.4 is 16.0 Å². The Balaban J connectivity index is -0.000000276. The summed E-state index contributed by atoms with van der Waals surface area (Å²) in [6.07, 6.45) is 0. The van der Waals surface area contributed by atoms with E-state index >= 15 is 0 Å². The van der Waals surface area contributed by atoms with Gasteiger partial charge in [-0.3, -0.25) is 15.0 Å². The number of rotatable bonds is 3. The van der Waals surface area contributed by atoms with Gasteiger partial charge in [0.25, 0.3) is 0 Å². The second-order valence-electron chi connectivity index (χ2n) is 6.04. The van der Waals surface area contributed by atoms with Crippen LogP contribution in [-0.2, 0) is 0 Å². The average molecular weight is 343 g/mol. The topological polar surface area (TPSA) is 73.2 Å². The molecular formula is C18H42N6. The summed E-state index contributed by atoms with van der Waals surface area (Å²) in [6.45, 7) is 12.7. The van der Waals surface area contributed by atoms with Crippen LogP contribution >= 0.6 is 0 Å². The molecule has 144 valence electrons. The van der Waals surface area contributed by atoms with Crippen LogP contribution in [0.1, 0.15) is 41.5 Å². The fraction of sp³-hybridized carbons (Fsp3) is 0.833. The van der Waals surface area contributed by atoms with Crippen LogP contribution in [0.25, 0.3) is 0 Å². The second-order valence-corrected chi connectivity index (χ2v) is 6.04. The maximum atomic E-state index is 4.01. The lowest BCUT2D eigenvalue weighted by molar-refractivity contribution is 0.834. The zero-order chi connectivity index (χ0) is 19.7. The van der Waals surface area contributed by atoms with Crippen molar-refractivity contribution >= 4 is 17.5 Å². The van der Waals surface area contributed by atoms with Gasteiger partial charge in [-0.2, -0.15) is 0 Å². The highest BCUT2D eigenvalue weighted by atomic mass is 15.0. The number of nitrogens with zero attached hydrogens (tertiary/aromatic N) is 3. The number of amidine groups is 3. The monoisotopic (exact) mass is 342 g/mol. The molecule has 0 heterocycles. The van der Waals surface area contributed by atoms with Gasteiger partial charge >= 0.3 is 0 Å². The van der Waals surface area contributed by atoms with Gasteiger partial charge < -0.3 is 16.0 Å². The lowest BCUT2D eigenvalue weighted by atomic mass is 10.2. The smallest absolute Gasteiger partial charge is 0.0982 e. The van der Waals surface area contributed by atoms with Crippen molar-refractivity contribution in [3.05, 3.63) is 0 Å². The van der Waals surface area contributed by atoms with Crippen LogP contribution in [0, 0.1) is 17.8 Å². The van der Waals surface area contributed by atoms with Crippen LogP contribution in [0.15, 0.2) is 15.0 Å². The molecule has 0 bridgehead atoms. The molecule has 0 atom stereocenters. The highest BCUT2D eigenvalue weighted by molar-refractivity contribution is 5.84. The molecule has 6 nitrogen and oxygen atoms in total. The first kappa shape index (κ1) is 27.3. The minimum Gasteiger partial charge on any atom is -0.377 e.